The van der Waals surface area contributed by atoms with Gasteiger partial charge < -0.3 is 20.7 Å². The molecule has 7 heteroatoms. The van der Waals surface area contributed by atoms with Gasteiger partial charge in [-0.3, -0.25) is 4.98 Å². The van der Waals surface area contributed by atoms with Crippen molar-refractivity contribution in [3.8, 4) is 0 Å². The third-order valence-corrected chi connectivity index (χ3v) is 4.41. The summed E-state index contributed by atoms with van der Waals surface area (Å²) in [6.45, 7) is 6.44. The average molecular weight is 328 g/mol. The number of aromatic nitrogens is 3. The number of nitrogens with one attached hydrogen (secondary N) is 1. The molecule has 3 heterocycles. The van der Waals surface area contributed by atoms with Gasteiger partial charge in [0, 0.05) is 39.1 Å². The molecular weight excluding hydrogens is 304 g/mol. The maximum atomic E-state index is 5.69. The van der Waals surface area contributed by atoms with E-state index in [2.05, 4.69) is 45.1 Å². The fourth-order valence-electron chi connectivity index (χ4n) is 3.09. The van der Waals surface area contributed by atoms with Crippen LogP contribution in [0, 0.1) is 13.8 Å². The Bertz CT molecular complexity index is 707. The zero-order valence-electron chi connectivity index (χ0n) is 14.4. The molecule has 0 amide bonds. The molecule has 1 saturated heterocycles. The van der Waals surface area contributed by atoms with Crippen molar-refractivity contribution in [1.82, 2.24) is 20.3 Å². The van der Waals surface area contributed by atoms with Crippen LogP contribution in [0.15, 0.2) is 24.5 Å². The van der Waals surface area contributed by atoms with Gasteiger partial charge in [0.1, 0.15) is 5.82 Å². The van der Waals surface area contributed by atoms with E-state index in [0.717, 1.165) is 31.1 Å². The van der Waals surface area contributed by atoms with Crippen molar-refractivity contribution in [1.29, 1.82) is 0 Å². The molecule has 1 fully saturated rings. The molecule has 1 aliphatic heterocycles. The van der Waals surface area contributed by atoms with E-state index in [-0.39, 0.29) is 18.1 Å². The number of anilines is 2. The van der Waals surface area contributed by atoms with E-state index in [1.54, 1.807) is 13.3 Å². The number of nitrogens with two attached hydrogens (primary N) is 1. The van der Waals surface area contributed by atoms with Crippen LogP contribution < -0.4 is 16.0 Å². The Morgan fingerprint density at radius 1 is 1.33 bits per heavy atom. The van der Waals surface area contributed by atoms with Crippen molar-refractivity contribution in [2.75, 3.05) is 30.8 Å². The third-order valence-electron chi connectivity index (χ3n) is 4.41. The zero-order valence-corrected chi connectivity index (χ0v) is 14.4. The van der Waals surface area contributed by atoms with Crippen LogP contribution in [0.5, 0.6) is 0 Å². The van der Waals surface area contributed by atoms with Gasteiger partial charge in [-0.05, 0) is 31.0 Å². The first-order chi connectivity index (χ1) is 11.6. The SMILES string of the molecule is CO[C@@H]1CN(c2ccnc(N)n2)C[C@@H]1NCc1ncc(C)cc1C. The van der Waals surface area contributed by atoms with Crippen LogP contribution in [-0.2, 0) is 11.3 Å². The molecule has 0 radical (unpaired) electrons. The molecule has 0 saturated carbocycles. The molecule has 0 aromatic carbocycles. The largest absolute Gasteiger partial charge is 0.378 e. The van der Waals surface area contributed by atoms with E-state index < -0.39 is 0 Å². The molecule has 1 aliphatic rings. The van der Waals surface area contributed by atoms with Crippen molar-refractivity contribution >= 4 is 11.8 Å². The topological polar surface area (TPSA) is 89.2 Å². The van der Waals surface area contributed by atoms with E-state index >= 15 is 0 Å². The van der Waals surface area contributed by atoms with Gasteiger partial charge in [0.05, 0.1) is 17.8 Å². The summed E-state index contributed by atoms with van der Waals surface area (Å²) in [6, 6.07) is 4.23. The lowest BCUT2D eigenvalue weighted by atomic mass is 10.1. The van der Waals surface area contributed by atoms with Crippen molar-refractivity contribution in [3.63, 3.8) is 0 Å². The second-order valence-corrected chi connectivity index (χ2v) is 6.22. The lowest BCUT2D eigenvalue weighted by Gasteiger charge is -2.18. The van der Waals surface area contributed by atoms with Crippen LogP contribution in [-0.4, -0.2) is 47.3 Å². The van der Waals surface area contributed by atoms with Gasteiger partial charge in [-0.25, -0.2) is 4.98 Å². The number of ether oxygens (including phenoxy) is 1. The number of nitrogens with zero attached hydrogens (tertiary/aromatic N) is 4. The monoisotopic (exact) mass is 328 g/mol. The molecule has 2 atom stereocenters. The molecule has 0 spiro atoms. The van der Waals surface area contributed by atoms with Gasteiger partial charge in [-0.1, -0.05) is 6.07 Å². The number of nitrogen functional groups attached to an aromatic ring is 1. The highest BCUT2D eigenvalue weighted by atomic mass is 16.5. The zero-order chi connectivity index (χ0) is 17.1. The summed E-state index contributed by atoms with van der Waals surface area (Å²) in [6.07, 6.45) is 3.68. The number of aryl methyl sites for hydroxylation is 2. The number of rotatable bonds is 5. The Kier molecular flexibility index (Phi) is 4.92. The van der Waals surface area contributed by atoms with Crippen LogP contribution in [0.1, 0.15) is 16.8 Å². The van der Waals surface area contributed by atoms with Crippen molar-refractivity contribution in [2.45, 2.75) is 32.5 Å². The summed E-state index contributed by atoms with van der Waals surface area (Å²) in [5.41, 5.74) is 9.14. The Balaban J connectivity index is 1.66. The van der Waals surface area contributed by atoms with Crippen LogP contribution in [0.4, 0.5) is 11.8 Å². The number of methoxy groups -OCH3 is 1. The molecular formula is C17H24N6O. The highest BCUT2D eigenvalue weighted by Gasteiger charge is 2.33. The molecule has 0 bridgehead atoms. The molecule has 2 aromatic heterocycles. The maximum absolute atomic E-state index is 5.69. The summed E-state index contributed by atoms with van der Waals surface area (Å²) >= 11 is 0. The van der Waals surface area contributed by atoms with Crippen LogP contribution in [0.25, 0.3) is 0 Å². The number of hydrogen-bond donors (Lipinski definition) is 2. The fraction of sp³-hybridized carbons (Fsp3) is 0.471. The Morgan fingerprint density at radius 3 is 2.88 bits per heavy atom. The van der Waals surface area contributed by atoms with Gasteiger partial charge in [0.15, 0.2) is 0 Å². The van der Waals surface area contributed by atoms with Crippen LogP contribution in [0.3, 0.4) is 0 Å². The van der Waals surface area contributed by atoms with Gasteiger partial charge in [-0.15, -0.1) is 0 Å². The highest BCUT2D eigenvalue weighted by molar-refractivity contribution is 5.43. The molecule has 0 unspecified atom stereocenters. The second kappa shape index (κ2) is 7.11. The van der Waals surface area contributed by atoms with Crippen LogP contribution in [0.2, 0.25) is 0 Å². The molecule has 3 rings (SSSR count). The van der Waals surface area contributed by atoms with Gasteiger partial charge >= 0.3 is 0 Å². The van der Waals surface area contributed by atoms with Gasteiger partial charge in [0.2, 0.25) is 5.95 Å². The van der Waals surface area contributed by atoms with E-state index in [4.69, 9.17) is 10.5 Å². The summed E-state index contributed by atoms with van der Waals surface area (Å²) < 4.78 is 5.64. The quantitative estimate of drug-likeness (QED) is 0.848. The summed E-state index contributed by atoms with van der Waals surface area (Å²) in [5.74, 6) is 1.12. The van der Waals surface area contributed by atoms with E-state index in [1.165, 1.54) is 11.1 Å². The lowest BCUT2D eigenvalue weighted by Crippen LogP contribution is -2.40. The molecule has 128 valence electrons. The number of hydrogen-bond acceptors (Lipinski definition) is 7. The van der Waals surface area contributed by atoms with E-state index in [1.807, 2.05) is 12.3 Å². The first kappa shape index (κ1) is 16.6. The first-order valence-electron chi connectivity index (χ1n) is 8.08. The number of pyridine rings is 1. The minimum absolute atomic E-state index is 0.0898. The predicted octanol–water partition coefficient (Wildman–Crippen LogP) is 1.06. The predicted molar refractivity (Wildman–Crippen MR) is 93.8 cm³/mol. The van der Waals surface area contributed by atoms with Gasteiger partial charge in [0.25, 0.3) is 0 Å². The first-order valence-corrected chi connectivity index (χ1v) is 8.08. The van der Waals surface area contributed by atoms with Gasteiger partial charge in [-0.2, -0.15) is 4.98 Å². The van der Waals surface area contributed by atoms with Crippen molar-refractivity contribution in [3.05, 3.63) is 41.3 Å². The average Bonchev–Trinajstić information content (AvgIpc) is 2.97. The second-order valence-electron chi connectivity index (χ2n) is 6.22. The Morgan fingerprint density at radius 2 is 2.17 bits per heavy atom. The molecule has 3 N–H and O–H groups in total. The smallest absolute Gasteiger partial charge is 0.221 e. The third kappa shape index (κ3) is 3.63. The molecule has 0 aliphatic carbocycles. The molecule has 2 aromatic rings. The lowest BCUT2D eigenvalue weighted by molar-refractivity contribution is 0.0965. The normalized spacial score (nSPS) is 20.5. The Hall–Kier alpha value is -2.25. The Labute approximate surface area is 142 Å². The van der Waals surface area contributed by atoms with E-state index in [9.17, 15) is 0 Å². The minimum Gasteiger partial charge on any atom is -0.378 e. The standard InChI is InChI=1S/C17H24N6O/c1-11-6-12(2)13(20-7-11)8-21-14-9-23(10-15(14)24-3)16-4-5-19-17(18)22-16/h4-7,14-15,21H,8-10H2,1-3H3,(H2,18,19,22)/t14-,15+/m0/s1. The van der Waals surface area contributed by atoms with Crippen molar-refractivity contribution in [2.24, 2.45) is 0 Å². The van der Waals surface area contributed by atoms with Crippen LogP contribution >= 0.6 is 0 Å². The summed E-state index contributed by atoms with van der Waals surface area (Å²) in [5, 5.41) is 3.57. The highest BCUT2D eigenvalue weighted by Crippen LogP contribution is 2.20. The maximum Gasteiger partial charge on any atom is 0.221 e. The molecule has 7 nitrogen and oxygen atoms in total. The minimum atomic E-state index is 0.0898. The van der Waals surface area contributed by atoms with E-state index in [0.29, 0.717) is 0 Å². The summed E-state index contributed by atoms with van der Waals surface area (Å²) in [7, 11) is 1.74. The van der Waals surface area contributed by atoms with Crippen molar-refractivity contribution < 1.29 is 4.74 Å². The molecule has 24 heavy (non-hydrogen) atoms. The fourth-order valence-corrected chi connectivity index (χ4v) is 3.09. The summed E-state index contributed by atoms with van der Waals surface area (Å²) in [4.78, 5) is 14.9.